The molecule has 3 nitrogen and oxygen atoms in total. The minimum atomic E-state index is 0.671. The lowest BCUT2D eigenvalue weighted by molar-refractivity contribution is 1.08. The molecular formula is C39H23N3S2. The molecule has 0 spiro atoms. The Bertz CT molecular complexity index is 2440. The summed E-state index contributed by atoms with van der Waals surface area (Å²) in [6.45, 7) is 0. The third-order valence-corrected chi connectivity index (χ3v) is 10.6. The van der Waals surface area contributed by atoms with Crippen LogP contribution in [0.3, 0.4) is 0 Å². The van der Waals surface area contributed by atoms with Gasteiger partial charge in [-0.3, -0.25) is 0 Å². The van der Waals surface area contributed by atoms with Gasteiger partial charge in [0.1, 0.15) is 0 Å². The SMILES string of the molecule is c1ccc(-c2nc(-c3ccccc3)nc(-c3cccc4c3sc3cccc(-c5cccc6c5sc5ccccc56)c34)n2)cc1. The van der Waals surface area contributed by atoms with E-state index in [1.165, 1.54) is 51.5 Å². The molecule has 0 saturated heterocycles. The summed E-state index contributed by atoms with van der Waals surface area (Å²) in [6, 6.07) is 48.9. The Morgan fingerprint density at radius 1 is 0.341 bits per heavy atom. The van der Waals surface area contributed by atoms with Crippen molar-refractivity contribution in [1.29, 1.82) is 0 Å². The maximum Gasteiger partial charge on any atom is 0.165 e. The van der Waals surface area contributed by atoms with Crippen molar-refractivity contribution in [2.75, 3.05) is 0 Å². The summed E-state index contributed by atoms with van der Waals surface area (Å²) in [4.78, 5) is 15.0. The summed E-state index contributed by atoms with van der Waals surface area (Å²) in [5, 5.41) is 5.13. The highest BCUT2D eigenvalue weighted by Gasteiger charge is 2.19. The number of rotatable bonds is 4. The van der Waals surface area contributed by atoms with Gasteiger partial charge in [-0.2, -0.15) is 0 Å². The summed E-state index contributed by atoms with van der Waals surface area (Å²) < 4.78 is 5.08. The van der Waals surface area contributed by atoms with E-state index in [0.717, 1.165) is 16.7 Å². The van der Waals surface area contributed by atoms with Crippen LogP contribution in [0.2, 0.25) is 0 Å². The number of fused-ring (bicyclic) bond motifs is 6. The summed E-state index contributed by atoms with van der Waals surface area (Å²) in [5.74, 6) is 2.03. The minimum absolute atomic E-state index is 0.671. The summed E-state index contributed by atoms with van der Waals surface area (Å²) >= 11 is 3.68. The van der Waals surface area contributed by atoms with Gasteiger partial charge in [-0.1, -0.05) is 121 Å². The van der Waals surface area contributed by atoms with Crippen molar-refractivity contribution in [3.05, 3.63) is 140 Å². The Hall–Kier alpha value is -5.23. The Kier molecular flexibility index (Phi) is 5.86. The van der Waals surface area contributed by atoms with Gasteiger partial charge < -0.3 is 0 Å². The van der Waals surface area contributed by atoms with E-state index < -0.39 is 0 Å². The monoisotopic (exact) mass is 597 g/mol. The van der Waals surface area contributed by atoms with E-state index >= 15 is 0 Å². The normalized spacial score (nSPS) is 11.6. The maximum absolute atomic E-state index is 5.05. The fraction of sp³-hybridized carbons (Fsp3) is 0. The summed E-state index contributed by atoms with van der Waals surface area (Å²) in [7, 11) is 0. The van der Waals surface area contributed by atoms with Crippen molar-refractivity contribution < 1.29 is 0 Å². The molecule has 9 aromatic rings. The predicted octanol–water partition coefficient (Wildman–Crippen LogP) is 11.3. The van der Waals surface area contributed by atoms with Crippen LogP contribution in [0.5, 0.6) is 0 Å². The quantitative estimate of drug-likeness (QED) is 0.203. The van der Waals surface area contributed by atoms with Crippen LogP contribution in [0.15, 0.2) is 140 Å². The number of benzene rings is 6. The standard InChI is InChI=1S/C39H23N3S2/c1-3-12-24(13-4-1)37-40-38(25-14-5-2-6-15-25)42-39(41-37)31-21-10-20-30-34-27(17-11-23-33(34)44-36(30)31)29-19-9-18-28-26-16-7-8-22-32(26)43-35(28)29/h1-23H. The van der Waals surface area contributed by atoms with E-state index in [-0.39, 0.29) is 0 Å². The number of aromatic nitrogens is 3. The maximum atomic E-state index is 5.05. The summed E-state index contributed by atoms with van der Waals surface area (Å²) in [6.07, 6.45) is 0. The number of thiophene rings is 2. The van der Waals surface area contributed by atoms with E-state index in [0.29, 0.717) is 17.5 Å². The van der Waals surface area contributed by atoms with Crippen molar-refractivity contribution in [2.24, 2.45) is 0 Å². The fourth-order valence-corrected chi connectivity index (χ4v) is 8.60. The highest BCUT2D eigenvalue weighted by molar-refractivity contribution is 7.27. The number of hydrogen-bond donors (Lipinski definition) is 0. The van der Waals surface area contributed by atoms with E-state index in [1.807, 2.05) is 59.1 Å². The molecule has 0 N–H and O–H groups in total. The molecule has 0 atom stereocenters. The molecule has 206 valence electrons. The molecule has 0 aliphatic carbocycles. The molecule has 3 aromatic heterocycles. The van der Waals surface area contributed by atoms with Crippen LogP contribution in [-0.4, -0.2) is 15.0 Å². The van der Waals surface area contributed by atoms with Gasteiger partial charge in [0.25, 0.3) is 0 Å². The van der Waals surface area contributed by atoms with E-state index in [9.17, 15) is 0 Å². The van der Waals surface area contributed by atoms with Gasteiger partial charge in [0.15, 0.2) is 17.5 Å². The zero-order valence-electron chi connectivity index (χ0n) is 23.4. The molecule has 0 amide bonds. The lowest BCUT2D eigenvalue weighted by atomic mass is 9.97. The minimum Gasteiger partial charge on any atom is -0.208 e. The van der Waals surface area contributed by atoms with Crippen LogP contribution in [-0.2, 0) is 0 Å². The third-order valence-electron chi connectivity index (χ3n) is 8.16. The molecule has 0 saturated carbocycles. The van der Waals surface area contributed by atoms with Crippen molar-refractivity contribution in [3.63, 3.8) is 0 Å². The molecule has 5 heteroatoms. The summed E-state index contributed by atoms with van der Waals surface area (Å²) in [5.41, 5.74) is 5.49. The molecule has 44 heavy (non-hydrogen) atoms. The van der Waals surface area contributed by atoms with Gasteiger partial charge in [-0.15, -0.1) is 22.7 Å². The molecule has 0 fully saturated rings. The van der Waals surface area contributed by atoms with Crippen LogP contribution in [0.1, 0.15) is 0 Å². The molecular weight excluding hydrogens is 575 g/mol. The highest BCUT2D eigenvalue weighted by Crippen LogP contribution is 2.46. The highest BCUT2D eigenvalue weighted by atomic mass is 32.1. The smallest absolute Gasteiger partial charge is 0.165 e. The molecule has 0 aliphatic rings. The molecule has 0 aliphatic heterocycles. The Morgan fingerprint density at radius 3 is 1.59 bits per heavy atom. The lowest BCUT2D eigenvalue weighted by Gasteiger charge is -2.09. The van der Waals surface area contributed by atoms with Gasteiger partial charge in [0, 0.05) is 62.6 Å². The third kappa shape index (κ3) is 4.05. The first-order valence-corrected chi connectivity index (χ1v) is 16.2. The number of hydrogen-bond acceptors (Lipinski definition) is 5. The van der Waals surface area contributed by atoms with Gasteiger partial charge >= 0.3 is 0 Å². The molecule has 0 radical (unpaired) electrons. The zero-order chi connectivity index (χ0) is 29.0. The first kappa shape index (κ1) is 25.3. The van der Waals surface area contributed by atoms with Gasteiger partial charge in [-0.25, -0.2) is 15.0 Å². The van der Waals surface area contributed by atoms with E-state index in [4.69, 9.17) is 15.0 Å². The van der Waals surface area contributed by atoms with E-state index in [1.54, 1.807) is 0 Å². The van der Waals surface area contributed by atoms with Crippen LogP contribution < -0.4 is 0 Å². The van der Waals surface area contributed by atoms with Crippen LogP contribution in [0.4, 0.5) is 0 Å². The zero-order valence-corrected chi connectivity index (χ0v) is 25.1. The van der Waals surface area contributed by atoms with E-state index in [2.05, 4.69) is 103 Å². The molecule has 0 bridgehead atoms. The second-order valence-electron chi connectivity index (χ2n) is 10.8. The van der Waals surface area contributed by atoms with Crippen molar-refractivity contribution in [2.45, 2.75) is 0 Å². The Labute approximate surface area is 261 Å². The van der Waals surface area contributed by atoms with Crippen LogP contribution in [0.25, 0.3) is 85.6 Å². The second kappa shape index (κ2) is 10.2. The molecule has 3 heterocycles. The van der Waals surface area contributed by atoms with Gasteiger partial charge in [0.05, 0.1) is 0 Å². The van der Waals surface area contributed by atoms with Crippen LogP contribution >= 0.6 is 22.7 Å². The first-order chi connectivity index (χ1) is 21.8. The first-order valence-electron chi connectivity index (χ1n) is 14.5. The predicted molar refractivity (Wildman–Crippen MR) is 187 cm³/mol. The largest absolute Gasteiger partial charge is 0.208 e. The second-order valence-corrected chi connectivity index (χ2v) is 12.9. The fourth-order valence-electron chi connectivity index (χ4n) is 6.14. The average Bonchev–Trinajstić information content (AvgIpc) is 3.68. The molecule has 6 aromatic carbocycles. The van der Waals surface area contributed by atoms with Crippen molar-refractivity contribution in [3.8, 4) is 45.3 Å². The Morgan fingerprint density at radius 2 is 0.841 bits per heavy atom. The topological polar surface area (TPSA) is 38.7 Å². The lowest BCUT2D eigenvalue weighted by Crippen LogP contribution is -2.00. The van der Waals surface area contributed by atoms with Crippen molar-refractivity contribution >= 4 is 63.0 Å². The average molecular weight is 598 g/mol. The molecule has 9 rings (SSSR count). The Balaban J connectivity index is 1.29. The van der Waals surface area contributed by atoms with Crippen molar-refractivity contribution in [1.82, 2.24) is 15.0 Å². The van der Waals surface area contributed by atoms with Crippen LogP contribution in [0, 0.1) is 0 Å². The molecule has 0 unspecified atom stereocenters. The van der Waals surface area contributed by atoms with Gasteiger partial charge in [0.2, 0.25) is 0 Å². The van der Waals surface area contributed by atoms with Gasteiger partial charge in [-0.05, 0) is 23.8 Å². The number of nitrogens with zero attached hydrogens (tertiary/aromatic N) is 3.